The highest BCUT2D eigenvalue weighted by molar-refractivity contribution is 8.14. The second-order valence-corrected chi connectivity index (χ2v) is 5.59. The van der Waals surface area contributed by atoms with E-state index in [1.807, 2.05) is 26.2 Å². The molecule has 0 fully saturated rings. The normalized spacial score (nSPS) is 13.6. The van der Waals surface area contributed by atoms with Crippen LogP contribution in [0.25, 0.3) is 0 Å². The summed E-state index contributed by atoms with van der Waals surface area (Å²) in [6, 6.07) is 0. The smallest absolute Gasteiger partial charge is 0.0993 e. The SMILES string of the molecule is C=C(C)/C(=N\C(=C/C)SC(C)C)SC. The Hall–Kier alpha value is -0.150. The lowest BCUT2D eigenvalue weighted by molar-refractivity contribution is 1.12. The Balaban J connectivity index is 4.64. The molecule has 0 spiro atoms. The van der Waals surface area contributed by atoms with Gasteiger partial charge in [-0.15, -0.1) is 23.5 Å². The van der Waals surface area contributed by atoms with Crippen molar-refractivity contribution in [1.82, 2.24) is 0 Å². The zero-order valence-electron chi connectivity index (χ0n) is 9.63. The highest BCUT2D eigenvalue weighted by Crippen LogP contribution is 2.24. The van der Waals surface area contributed by atoms with Gasteiger partial charge in [0.25, 0.3) is 0 Å². The van der Waals surface area contributed by atoms with E-state index in [1.54, 1.807) is 23.5 Å². The summed E-state index contributed by atoms with van der Waals surface area (Å²) in [5, 5.41) is 2.66. The van der Waals surface area contributed by atoms with Crippen LogP contribution < -0.4 is 0 Å². The van der Waals surface area contributed by atoms with Crippen molar-refractivity contribution in [3.63, 3.8) is 0 Å². The summed E-state index contributed by atoms with van der Waals surface area (Å²) in [6.07, 6.45) is 4.07. The third-order valence-corrected chi connectivity index (χ3v) is 3.24. The molecule has 0 rings (SSSR count). The van der Waals surface area contributed by atoms with Crippen LogP contribution >= 0.6 is 23.5 Å². The van der Waals surface area contributed by atoms with Gasteiger partial charge < -0.3 is 0 Å². The molecule has 80 valence electrons. The van der Waals surface area contributed by atoms with E-state index in [4.69, 9.17) is 0 Å². The average Bonchev–Trinajstić information content (AvgIpc) is 2.10. The predicted molar refractivity (Wildman–Crippen MR) is 72.2 cm³/mol. The van der Waals surface area contributed by atoms with E-state index < -0.39 is 0 Å². The van der Waals surface area contributed by atoms with Crippen LogP contribution in [-0.2, 0) is 0 Å². The fourth-order valence-corrected chi connectivity index (χ4v) is 2.17. The molecule has 0 aromatic heterocycles. The maximum Gasteiger partial charge on any atom is 0.0993 e. The minimum atomic E-state index is 0.568. The van der Waals surface area contributed by atoms with E-state index in [0.29, 0.717) is 5.25 Å². The van der Waals surface area contributed by atoms with Crippen LogP contribution in [0, 0.1) is 0 Å². The molecule has 0 aromatic carbocycles. The maximum absolute atomic E-state index is 4.56. The molecule has 0 unspecified atom stereocenters. The number of nitrogens with zero attached hydrogens (tertiary/aromatic N) is 1. The van der Waals surface area contributed by atoms with Crippen LogP contribution in [0.1, 0.15) is 27.7 Å². The Kier molecular flexibility index (Phi) is 7.11. The molecule has 0 aliphatic heterocycles. The van der Waals surface area contributed by atoms with E-state index >= 15 is 0 Å². The highest BCUT2D eigenvalue weighted by Gasteiger charge is 2.02. The summed E-state index contributed by atoms with van der Waals surface area (Å²) in [7, 11) is 0. The Labute approximate surface area is 96.2 Å². The Morgan fingerprint density at radius 3 is 2.29 bits per heavy atom. The molecule has 0 amide bonds. The molecule has 1 nitrogen and oxygen atoms in total. The van der Waals surface area contributed by atoms with Gasteiger partial charge in [0.05, 0.1) is 10.1 Å². The van der Waals surface area contributed by atoms with Gasteiger partial charge in [0.15, 0.2) is 0 Å². The summed E-state index contributed by atoms with van der Waals surface area (Å²) in [5.41, 5.74) is 1.03. The van der Waals surface area contributed by atoms with Crippen molar-refractivity contribution in [2.45, 2.75) is 32.9 Å². The van der Waals surface area contributed by atoms with Gasteiger partial charge in [0.1, 0.15) is 0 Å². The van der Waals surface area contributed by atoms with E-state index in [2.05, 4.69) is 25.4 Å². The first-order valence-corrected chi connectivity index (χ1v) is 6.73. The van der Waals surface area contributed by atoms with Crippen molar-refractivity contribution in [3.8, 4) is 0 Å². The predicted octanol–water partition coefficient (Wildman–Crippen LogP) is 4.33. The topological polar surface area (TPSA) is 12.4 Å². The van der Waals surface area contributed by atoms with Crippen molar-refractivity contribution >= 4 is 28.6 Å². The first-order chi connectivity index (χ1) is 6.51. The van der Waals surface area contributed by atoms with Crippen molar-refractivity contribution in [1.29, 1.82) is 0 Å². The number of aliphatic imine (C=N–C) groups is 1. The summed E-state index contributed by atoms with van der Waals surface area (Å²) in [4.78, 5) is 4.56. The molecule has 0 aliphatic carbocycles. The van der Waals surface area contributed by atoms with Gasteiger partial charge >= 0.3 is 0 Å². The van der Waals surface area contributed by atoms with Gasteiger partial charge in [-0.3, -0.25) is 0 Å². The van der Waals surface area contributed by atoms with E-state index in [0.717, 1.165) is 15.6 Å². The lowest BCUT2D eigenvalue weighted by Gasteiger charge is -2.07. The summed E-state index contributed by atoms with van der Waals surface area (Å²) >= 11 is 3.42. The van der Waals surface area contributed by atoms with Crippen molar-refractivity contribution in [2.24, 2.45) is 4.99 Å². The van der Waals surface area contributed by atoms with Gasteiger partial charge in [-0.1, -0.05) is 26.5 Å². The number of hydrogen-bond donors (Lipinski definition) is 0. The Morgan fingerprint density at radius 2 is 2.00 bits per heavy atom. The molecule has 0 radical (unpaired) electrons. The maximum atomic E-state index is 4.56. The highest BCUT2D eigenvalue weighted by atomic mass is 32.2. The largest absolute Gasteiger partial charge is 0.235 e. The second kappa shape index (κ2) is 7.18. The monoisotopic (exact) mass is 229 g/mol. The minimum Gasteiger partial charge on any atom is -0.235 e. The third kappa shape index (κ3) is 5.55. The van der Waals surface area contributed by atoms with Crippen LogP contribution in [0.4, 0.5) is 0 Å². The standard InChI is InChI=1S/C11H19NS2/c1-7-10(14-9(4)5)12-11(13-6)8(2)3/h7,9H,2H2,1,3-6H3/b10-7+,12-11+. The number of thioether (sulfide) groups is 2. The molecule has 0 bridgehead atoms. The fourth-order valence-electron chi connectivity index (χ4n) is 0.816. The lowest BCUT2D eigenvalue weighted by Crippen LogP contribution is -1.94. The van der Waals surface area contributed by atoms with Crippen LogP contribution in [0.5, 0.6) is 0 Å². The molecule has 0 heterocycles. The van der Waals surface area contributed by atoms with E-state index in [9.17, 15) is 0 Å². The third-order valence-electron chi connectivity index (χ3n) is 1.37. The van der Waals surface area contributed by atoms with E-state index in [-0.39, 0.29) is 0 Å². The first kappa shape index (κ1) is 13.8. The molecule has 0 atom stereocenters. The number of rotatable bonds is 4. The molecule has 0 saturated heterocycles. The summed E-state index contributed by atoms with van der Waals surface area (Å²) < 4.78 is 0. The fraction of sp³-hybridized carbons (Fsp3) is 0.545. The van der Waals surface area contributed by atoms with Gasteiger partial charge in [-0.2, -0.15) is 0 Å². The van der Waals surface area contributed by atoms with Crippen molar-refractivity contribution < 1.29 is 0 Å². The molecule has 0 saturated carbocycles. The van der Waals surface area contributed by atoms with E-state index in [1.165, 1.54) is 0 Å². The molecular weight excluding hydrogens is 210 g/mol. The molecular formula is C11H19NS2. The molecule has 0 N–H and O–H groups in total. The van der Waals surface area contributed by atoms with Crippen LogP contribution in [0.15, 0.2) is 28.2 Å². The van der Waals surface area contributed by atoms with Crippen LogP contribution in [0.2, 0.25) is 0 Å². The molecule has 0 aromatic rings. The summed E-state index contributed by atoms with van der Waals surface area (Å²) in [6.45, 7) is 12.3. The quantitative estimate of drug-likeness (QED) is 0.525. The number of hydrogen-bond acceptors (Lipinski definition) is 3. The van der Waals surface area contributed by atoms with Crippen molar-refractivity contribution in [3.05, 3.63) is 23.3 Å². The lowest BCUT2D eigenvalue weighted by atomic mass is 10.4. The molecule has 3 heteroatoms. The Bertz CT molecular complexity index is 252. The van der Waals surface area contributed by atoms with Crippen molar-refractivity contribution in [2.75, 3.05) is 6.26 Å². The Morgan fingerprint density at radius 1 is 1.43 bits per heavy atom. The van der Waals surface area contributed by atoms with Gasteiger partial charge in [0.2, 0.25) is 0 Å². The molecule has 14 heavy (non-hydrogen) atoms. The minimum absolute atomic E-state index is 0.568. The van der Waals surface area contributed by atoms with Gasteiger partial charge in [-0.25, -0.2) is 4.99 Å². The number of allylic oxidation sites excluding steroid dienone is 1. The summed E-state index contributed by atoms with van der Waals surface area (Å²) in [5.74, 6) is 0. The zero-order valence-corrected chi connectivity index (χ0v) is 11.3. The van der Waals surface area contributed by atoms with Gasteiger partial charge in [-0.05, 0) is 25.7 Å². The van der Waals surface area contributed by atoms with Gasteiger partial charge in [0, 0.05) is 5.25 Å². The first-order valence-electron chi connectivity index (χ1n) is 4.62. The molecule has 0 aliphatic rings. The van der Waals surface area contributed by atoms with Crippen LogP contribution in [-0.4, -0.2) is 16.5 Å². The second-order valence-electron chi connectivity index (χ2n) is 3.19. The van der Waals surface area contributed by atoms with Crippen LogP contribution in [0.3, 0.4) is 0 Å². The average molecular weight is 229 g/mol. The zero-order chi connectivity index (χ0) is 11.1.